The van der Waals surface area contributed by atoms with Gasteiger partial charge in [-0.3, -0.25) is 9.78 Å². The van der Waals surface area contributed by atoms with E-state index in [1.165, 1.54) is 0 Å². The second-order valence-corrected chi connectivity index (χ2v) is 9.57. The molecule has 7 heteroatoms. The Morgan fingerprint density at radius 1 is 1.03 bits per heavy atom. The van der Waals surface area contributed by atoms with Gasteiger partial charge in [0.25, 0.3) is 0 Å². The number of ether oxygens (including phenoxy) is 2. The summed E-state index contributed by atoms with van der Waals surface area (Å²) in [5.41, 5.74) is 4.14. The van der Waals surface area contributed by atoms with Gasteiger partial charge in [-0.25, -0.2) is 0 Å². The minimum Gasteiger partial charge on any atom is -0.496 e. The van der Waals surface area contributed by atoms with Crippen LogP contribution in [0.2, 0.25) is 5.02 Å². The van der Waals surface area contributed by atoms with Gasteiger partial charge in [-0.2, -0.15) is 0 Å². The molecule has 0 aliphatic carbocycles. The number of hydrogen-bond donors (Lipinski definition) is 0. The fourth-order valence-corrected chi connectivity index (χ4v) is 5.61. The number of pyridine rings is 1. The van der Waals surface area contributed by atoms with E-state index in [1.807, 2.05) is 59.5 Å². The quantitative estimate of drug-likeness (QED) is 0.470. The number of anilines is 1. The van der Waals surface area contributed by atoms with Gasteiger partial charge >= 0.3 is 0 Å². The Morgan fingerprint density at radius 3 is 2.43 bits per heavy atom. The van der Waals surface area contributed by atoms with Crippen molar-refractivity contribution in [3.8, 4) is 11.5 Å². The van der Waals surface area contributed by atoms with Crippen LogP contribution in [0.1, 0.15) is 41.5 Å². The van der Waals surface area contributed by atoms with Crippen LogP contribution in [0.15, 0.2) is 60.8 Å². The average Bonchev–Trinajstić information content (AvgIpc) is 3.25. The van der Waals surface area contributed by atoms with Gasteiger partial charge in [-0.15, -0.1) is 0 Å². The van der Waals surface area contributed by atoms with E-state index in [9.17, 15) is 4.79 Å². The SMILES string of the molecule is COc1cccc(OC)c1C1CCN(C(=O)C2CN(Cc3ccccn3)c3cc(Cl)ccc32)CC1. The number of hydrogen-bond acceptors (Lipinski definition) is 5. The Labute approximate surface area is 211 Å². The molecule has 3 heterocycles. The summed E-state index contributed by atoms with van der Waals surface area (Å²) in [4.78, 5) is 22.4. The first-order valence-corrected chi connectivity index (χ1v) is 12.4. The zero-order valence-electron chi connectivity index (χ0n) is 20.1. The first-order valence-electron chi connectivity index (χ1n) is 12.0. The van der Waals surface area contributed by atoms with Crippen molar-refractivity contribution in [3.05, 3.63) is 82.6 Å². The number of carbonyl (C=O) groups excluding carboxylic acids is 1. The third kappa shape index (κ3) is 4.67. The molecule has 6 nitrogen and oxygen atoms in total. The highest BCUT2D eigenvalue weighted by atomic mass is 35.5. The number of likely N-dealkylation sites (tertiary alicyclic amines) is 1. The molecular weight excluding hydrogens is 462 g/mol. The number of aromatic nitrogens is 1. The molecule has 0 radical (unpaired) electrons. The van der Waals surface area contributed by atoms with E-state index in [-0.39, 0.29) is 11.8 Å². The van der Waals surface area contributed by atoms with Crippen molar-refractivity contribution in [2.45, 2.75) is 31.2 Å². The maximum Gasteiger partial charge on any atom is 0.231 e. The van der Waals surface area contributed by atoms with Gasteiger partial charge in [0.05, 0.1) is 32.4 Å². The smallest absolute Gasteiger partial charge is 0.231 e. The summed E-state index contributed by atoms with van der Waals surface area (Å²) in [5, 5.41) is 0.675. The molecule has 1 saturated heterocycles. The van der Waals surface area contributed by atoms with Crippen LogP contribution in [-0.4, -0.2) is 49.6 Å². The lowest BCUT2D eigenvalue weighted by molar-refractivity contribution is -0.133. The first kappa shape index (κ1) is 23.5. The molecule has 5 rings (SSSR count). The third-order valence-corrected chi connectivity index (χ3v) is 7.40. The van der Waals surface area contributed by atoms with Crippen molar-refractivity contribution in [1.82, 2.24) is 9.88 Å². The van der Waals surface area contributed by atoms with Crippen molar-refractivity contribution in [2.75, 3.05) is 38.8 Å². The Morgan fingerprint density at radius 2 is 1.77 bits per heavy atom. The minimum absolute atomic E-state index is 0.183. The molecule has 1 atom stereocenters. The predicted molar refractivity (Wildman–Crippen MR) is 138 cm³/mol. The summed E-state index contributed by atoms with van der Waals surface area (Å²) in [7, 11) is 3.38. The van der Waals surface area contributed by atoms with Crippen molar-refractivity contribution in [2.24, 2.45) is 0 Å². The van der Waals surface area contributed by atoms with Crippen LogP contribution in [0.25, 0.3) is 0 Å². The molecule has 2 aliphatic rings. The van der Waals surface area contributed by atoms with Gasteiger partial charge < -0.3 is 19.3 Å². The predicted octanol–water partition coefficient (Wildman–Crippen LogP) is 5.26. The molecule has 1 fully saturated rings. The molecular formula is C28H30ClN3O3. The Kier molecular flexibility index (Phi) is 6.82. The molecule has 0 N–H and O–H groups in total. The highest BCUT2D eigenvalue weighted by Gasteiger charge is 2.38. The van der Waals surface area contributed by atoms with Crippen LogP contribution in [-0.2, 0) is 11.3 Å². The van der Waals surface area contributed by atoms with Crippen LogP contribution < -0.4 is 14.4 Å². The summed E-state index contributed by atoms with van der Waals surface area (Å²) in [6, 6.07) is 17.7. The van der Waals surface area contributed by atoms with E-state index in [2.05, 4.69) is 9.88 Å². The normalized spacial score (nSPS) is 17.9. The number of carbonyl (C=O) groups is 1. The maximum atomic E-state index is 13.7. The summed E-state index contributed by atoms with van der Waals surface area (Å²) in [5.74, 6) is 1.97. The second kappa shape index (κ2) is 10.2. The fourth-order valence-electron chi connectivity index (χ4n) is 5.44. The average molecular weight is 492 g/mol. The summed E-state index contributed by atoms with van der Waals surface area (Å²) < 4.78 is 11.2. The number of halogens is 1. The van der Waals surface area contributed by atoms with Gasteiger partial charge in [0.15, 0.2) is 0 Å². The zero-order chi connectivity index (χ0) is 24.4. The molecule has 2 aromatic carbocycles. The van der Waals surface area contributed by atoms with Crippen molar-refractivity contribution >= 4 is 23.2 Å². The monoisotopic (exact) mass is 491 g/mol. The first-order chi connectivity index (χ1) is 17.1. The Bertz CT molecular complexity index is 1170. The van der Waals surface area contributed by atoms with E-state index in [0.717, 1.165) is 46.8 Å². The van der Waals surface area contributed by atoms with E-state index in [1.54, 1.807) is 20.4 Å². The van der Waals surface area contributed by atoms with Gasteiger partial charge in [0.2, 0.25) is 5.91 Å². The molecule has 0 saturated carbocycles. The Hall–Kier alpha value is -3.25. The lowest BCUT2D eigenvalue weighted by atomic mass is 9.87. The third-order valence-electron chi connectivity index (χ3n) is 7.17. The van der Waals surface area contributed by atoms with Crippen LogP contribution in [0.3, 0.4) is 0 Å². The molecule has 0 spiro atoms. The van der Waals surface area contributed by atoms with Crippen molar-refractivity contribution in [3.63, 3.8) is 0 Å². The molecule has 1 amide bonds. The van der Waals surface area contributed by atoms with Gasteiger partial charge in [0, 0.05) is 42.1 Å². The largest absolute Gasteiger partial charge is 0.496 e. The van der Waals surface area contributed by atoms with Crippen LogP contribution in [0.5, 0.6) is 11.5 Å². The second-order valence-electron chi connectivity index (χ2n) is 9.13. The molecule has 182 valence electrons. The van der Waals surface area contributed by atoms with Crippen molar-refractivity contribution < 1.29 is 14.3 Å². The topological polar surface area (TPSA) is 54.9 Å². The lowest BCUT2D eigenvalue weighted by Gasteiger charge is -2.34. The number of methoxy groups -OCH3 is 2. The van der Waals surface area contributed by atoms with E-state index < -0.39 is 0 Å². The maximum absolute atomic E-state index is 13.7. The van der Waals surface area contributed by atoms with E-state index in [4.69, 9.17) is 21.1 Å². The van der Waals surface area contributed by atoms with Gasteiger partial charge in [-0.1, -0.05) is 29.8 Å². The number of piperidine rings is 1. The molecule has 35 heavy (non-hydrogen) atoms. The molecule has 0 bridgehead atoms. The van der Waals surface area contributed by atoms with E-state index in [0.29, 0.717) is 37.1 Å². The number of rotatable bonds is 6. The number of nitrogens with zero attached hydrogens (tertiary/aromatic N) is 3. The van der Waals surface area contributed by atoms with Crippen molar-refractivity contribution in [1.29, 1.82) is 0 Å². The van der Waals surface area contributed by atoms with E-state index >= 15 is 0 Å². The summed E-state index contributed by atoms with van der Waals surface area (Å²) in [6.07, 6.45) is 3.55. The Balaban J connectivity index is 1.32. The summed E-state index contributed by atoms with van der Waals surface area (Å²) >= 11 is 6.33. The molecule has 1 unspecified atom stereocenters. The van der Waals surface area contributed by atoms with Gasteiger partial charge in [-0.05, 0) is 60.7 Å². The molecule has 2 aliphatic heterocycles. The van der Waals surface area contributed by atoms with Gasteiger partial charge in [0.1, 0.15) is 11.5 Å². The highest BCUT2D eigenvalue weighted by molar-refractivity contribution is 6.31. The number of benzene rings is 2. The highest BCUT2D eigenvalue weighted by Crippen LogP contribution is 2.43. The fraction of sp³-hybridized carbons (Fsp3) is 0.357. The standard InChI is InChI=1S/C28H30ClN3O3/c1-34-25-7-5-8-26(35-2)27(25)19-11-14-31(15-12-19)28(33)23-18-32(17-21-6-3-4-13-30-21)24-16-20(29)9-10-22(23)24/h3-10,13,16,19,23H,11-12,14-15,17-18H2,1-2H3. The van der Waals surface area contributed by atoms with Crippen LogP contribution >= 0.6 is 11.6 Å². The molecule has 1 aromatic heterocycles. The van der Waals surface area contributed by atoms with Crippen LogP contribution in [0, 0.1) is 0 Å². The summed E-state index contributed by atoms with van der Waals surface area (Å²) in [6.45, 7) is 2.70. The number of fused-ring (bicyclic) bond motifs is 1. The van der Waals surface area contributed by atoms with Crippen LogP contribution in [0.4, 0.5) is 5.69 Å². The lowest BCUT2D eigenvalue weighted by Crippen LogP contribution is -2.41. The minimum atomic E-state index is -0.205. The zero-order valence-corrected chi connectivity index (χ0v) is 20.9. The molecule has 3 aromatic rings. The number of amides is 1.